The van der Waals surface area contributed by atoms with Crippen LogP contribution in [0.15, 0.2) is 11.0 Å². The summed E-state index contributed by atoms with van der Waals surface area (Å²) in [4.78, 5) is 9.42. The molecule has 0 bridgehead atoms. The van der Waals surface area contributed by atoms with Gasteiger partial charge < -0.3 is 27.3 Å². The molecule has 0 aromatic rings. The third kappa shape index (κ3) is 4.23. The Morgan fingerprint density at radius 2 is 1.81 bits per heavy atom. The largest absolute Gasteiger partial charge is 4.00 e. The van der Waals surface area contributed by atoms with Crippen LogP contribution in [0, 0.1) is 46.0 Å². The van der Waals surface area contributed by atoms with E-state index in [2.05, 4.69) is 63.8 Å². The molecule has 0 amide bonds. The molecular formula is C22H42N2SSiTi. The minimum atomic E-state index is -1.54. The molecule has 2 heterocycles. The fourth-order valence-corrected chi connectivity index (χ4v) is 11.8. The molecule has 154 valence electrons. The number of rotatable bonds is 2. The monoisotopic (exact) mass is 442 g/mol. The second-order valence-electron chi connectivity index (χ2n) is 9.22. The van der Waals surface area contributed by atoms with Gasteiger partial charge in [0.05, 0.1) is 0 Å². The summed E-state index contributed by atoms with van der Waals surface area (Å²) in [5.74, 6) is 3.60. The van der Waals surface area contributed by atoms with Crippen molar-refractivity contribution in [2.45, 2.75) is 69.1 Å². The molecule has 5 heteroatoms. The van der Waals surface area contributed by atoms with Crippen LogP contribution in [-0.2, 0) is 21.7 Å². The minimum Gasteiger partial charge on any atom is -0.667 e. The maximum Gasteiger partial charge on any atom is 4.00 e. The summed E-state index contributed by atoms with van der Waals surface area (Å²) >= 11 is 2.19. The van der Waals surface area contributed by atoms with Crippen LogP contribution in [0.1, 0.15) is 33.1 Å². The molecule has 0 N–H and O–H groups in total. The third-order valence-electron chi connectivity index (χ3n) is 7.70. The van der Waals surface area contributed by atoms with Crippen molar-refractivity contribution in [3.8, 4) is 0 Å². The van der Waals surface area contributed by atoms with Gasteiger partial charge in [-0.3, -0.25) is 4.90 Å². The van der Waals surface area contributed by atoms with E-state index in [-0.39, 0.29) is 44.0 Å². The summed E-state index contributed by atoms with van der Waals surface area (Å²) in [6.45, 7) is 9.84. The normalized spacial score (nSPS) is 42.4. The van der Waals surface area contributed by atoms with Crippen molar-refractivity contribution >= 4 is 20.0 Å². The molecular weight excluding hydrogens is 400 g/mol. The van der Waals surface area contributed by atoms with Crippen LogP contribution in [0.4, 0.5) is 0 Å². The molecule has 8 unspecified atom stereocenters. The van der Waals surface area contributed by atoms with Crippen molar-refractivity contribution in [3.63, 3.8) is 0 Å². The van der Waals surface area contributed by atoms with E-state index in [0.717, 1.165) is 46.5 Å². The van der Waals surface area contributed by atoms with Crippen LogP contribution in [-0.4, -0.2) is 44.6 Å². The van der Waals surface area contributed by atoms with Gasteiger partial charge in [0.2, 0.25) is 0 Å². The van der Waals surface area contributed by atoms with Crippen LogP contribution >= 0.6 is 11.8 Å². The molecule has 2 saturated carbocycles. The van der Waals surface area contributed by atoms with Crippen molar-refractivity contribution in [2.75, 3.05) is 14.1 Å². The van der Waals surface area contributed by atoms with Gasteiger partial charge in [0.15, 0.2) is 0 Å². The summed E-state index contributed by atoms with van der Waals surface area (Å²) in [6, 6.07) is 1.64. The molecule has 2 aliphatic heterocycles. The van der Waals surface area contributed by atoms with Gasteiger partial charge in [-0.15, -0.1) is 11.8 Å². The Bertz CT molecular complexity index is 526. The van der Waals surface area contributed by atoms with Crippen LogP contribution in [0.2, 0.25) is 18.6 Å². The Balaban J connectivity index is 0.00000169. The zero-order chi connectivity index (χ0) is 16.5. The summed E-state index contributed by atoms with van der Waals surface area (Å²) in [7, 11) is 3.01. The molecule has 0 spiro atoms. The van der Waals surface area contributed by atoms with Crippen LogP contribution in [0.25, 0.3) is 4.98 Å². The zero-order valence-corrected chi connectivity index (χ0v) is 22.5. The van der Waals surface area contributed by atoms with E-state index in [1.54, 1.807) is 4.91 Å². The van der Waals surface area contributed by atoms with Gasteiger partial charge in [-0.2, -0.15) is 7.05 Å². The van der Waals surface area contributed by atoms with E-state index in [1.807, 2.05) is 0 Å². The average Bonchev–Trinajstić information content (AvgIpc) is 3.08. The summed E-state index contributed by atoms with van der Waals surface area (Å²) < 4.78 is 0. The SMILES string of the molecule is C[N-][Si](C)(C)C1C2SC(C)=CC2C2C3CCC(C)CC3N(C)C21.[CH3-].[CH3-].[CH3-].[Ti+4]. The Morgan fingerprint density at radius 3 is 2.41 bits per heavy atom. The van der Waals surface area contributed by atoms with Gasteiger partial charge in [-0.05, 0) is 60.9 Å². The second kappa shape index (κ2) is 9.83. The van der Waals surface area contributed by atoms with Gasteiger partial charge in [0.1, 0.15) is 0 Å². The first-order valence-corrected chi connectivity index (χ1v) is 13.4. The van der Waals surface area contributed by atoms with Gasteiger partial charge in [-0.1, -0.05) is 40.8 Å². The van der Waals surface area contributed by atoms with E-state index in [0.29, 0.717) is 0 Å². The molecule has 3 fully saturated rings. The molecule has 27 heavy (non-hydrogen) atoms. The smallest absolute Gasteiger partial charge is 0.667 e. The van der Waals surface area contributed by atoms with Crippen LogP contribution in [0.5, 0.6) is 0 Å². The molecule has 2 nitrogen and oxygen atoms in total. The maximum absolute atomic E-state index is 4.99. The first-order chi connectivity index (χ1) is 10.8. The van der Waals surface area contributed by atoms with E-state index in [1.165, 1.54) is 19.3 Å². The quantitative estimate of drug-likeness (QED) is 0.369. The average molecular weight is 443 g/mol. The van der Waals surface area contributed by atoms with Crippen molar-refractivity contribution in [1.29, 1.82) is 0 Å². The summed E-state index contributed by atoms with van der Waals surface area (Å²) in [5, 5.41) is 0.818. The number of hydrogen-bond donors (Lipinski definition) is 0. The van der Waals surface area contributed by atoms with Crippen LogP contribution < -0.4 is 0 Å². The van der Waals surface area contributed by atoms with E-state index in [9.17, 15) is 0 Å². The number of nitrogens with zero attached hydrogens (tertiary/aromatic N) is 2. The van der Waals surface area contributed by atoms with Crippen molar-refractivity contribution in [1.82, 2.24) is 4.90 Å². The Hall–Kier alpha value is 0.941. The third-order valence-corrected chi connectivity index (χ3v) is 12.8. The molecule has 4 rings (SSSR count). The fourth-order valence-electron chi connectivity index (χ4n) is 6.55. The molecule has 4 aliphatic rings. The van der Waals surface area contributed by atoms with Gasteiger partial charge in [0.25, 0.3) is 0 Å². The Labute approximate surface area is 191 Å². The number of fused-ring (bicyclic) bond motifs is 5. The maximum atomic E-state index is 4.99. The number of likely N-dealkylation sites (tertiary alicyclic amines) is 1. The molecule has 0 aromatic carbocycles. The van der Waals surface area contributed by atoms with Gasteiger partial charge in [-0.25, -0.2) is 0 Å². The van der Waals surface area contributed by atoms with E-state index in [4.69, 9.17) is 4.98 Å². The van der Waals surface area contributed by atoms with Crippen LogP contribution in [0.3, 0.4) is 0 Å². The fraction of sp³-hybridized carbons (Fsp3) is 0.773. The topological polar surface area (TPSA) is 17.3 Å². The minimum absolute atomic E-state index is 0. The zero-order valence-electron chi connectivity index (χ0n) is 19.1. The molecule has 2 aliphatic carbocycles. The van der Waals surface area contributed by atoms with Gasteiger partial charge in [0, 0.05) is 17.3 Å². The summed E-state index contributed by atoms with van der Waals surface area (Å²) in [5.41, 5.74) is 0.826. The van der Waals surface area contributed by atoms with Crippen molar-refractivity contribution < 1.29 is 21.7 Å². The second-order valence-corrected chi connectivity index (χ2v) is 15.1. The number of hydrogen-bond acceptors (Lipinski definition) is 2. The van der Waals surface area contributed by atoms with Crippen molar-refractivity contribution in [3.05, 3.63) is 38.2 Å². The molecule has 0 radical (unpaired) electrons. The first kappa shape index (κ1) is 27.9. The molecule has 8 atom stereocenters. The summed E-state index contributed by atoms with van der Waals surface area (Å²) in [6.07, 6.45) is 7.01. The Kier molecular flexibility index (Phi) is 10.2. The van der Waals surface area contributed by atoms with E-state index >= 15 is 0 Å². The molecule has 0 aromatic heterocycles. The Morgan fingerprint density at radius 1 is 1.19 bits per heavy atom. The first-order valence-electron chi connectivity index (χ1n) is 9.53. The number of thioether (sulfide) groups is 1. The number of allylic oxidation sites excluding steroid dienone is 2. The predicted molar refractivity (Wildman–Crippen MR) is 124 cm³/mol. The van der Waals surface area contributed by atoms with Gasteiger partial charge >= 0.3 is 21.7 Å². The van der Waals surface area contributed by atoms with Crippen molar-refractivity contribution in [2.24, 2.45) is 23.7 Å². The van der Waals surface area contributed by atoms with E-state index < -0.39 is 8.24 Å². The standard InChI is InChI=1S/C19H33N2SSi.3CH3.Ti/c1-11-7-8-13-15(9-11)21(4)17-16(13)14-10-12(2)22-18(14)19(17)23(5,6)20-3;;;;/h10-11,13-19H,7-9H2,1-6H3;3*1H3;/q4*-1;+4. The molecule has 1 saturated heterocycles. The predicted octanol–water partition coefficient (Wildman–Crippen LogP) is 6.30.